The van der Waals surface area contributed by atoms with Crippen molar-refractivity contribution in [2.75, 3.05) is 19.5 Å². The monoisotopic (exact) mass is 318 g/mol. The number of carbonyl (C=O) groups excluding carboxylic acids is 3. The van der Waals surface area contributed by atoms with Crippen LogP contribution in [0.4, 0.5) is 0 Å². The van der Waals surface area contributed by atoms with Crippen LogP contribution in [-0.2, 0) is 33.7 Å². The van der Waals surface area contributed by atoms with Gasteiger partial charge < -0.3 is 15.2 Å². The molecule has 1 unspecified atom stereocenters. The molecule has 0 aromatic heterocycles. The lowest BCUT2D eigenvalue weighted by Crippen LogP contribution is -2.71. The highest BCUT2D eigenvalue weighted by Gasteiger charge is 2.60. The Bertz CT molecular complexity index is 651. The van der Waals surface area contributed by atoms with Crippen molar-refractivity contribution in [3.63, 3.8) is 0 Å². The van der Waals surface area contributed by atoms with E-state index >= 15 is 0 Å². The van der Waals surface area contributed by atoms with E-state index in [1.165, 1.54) is 7.11 Å². The van der Waals surface area contributed by atoms with Crippen LogP contribution in [-0.4, -0.2) is 62.0 Å². The molecule has 2 atom stereocenters. The maximum absolute atomic E-state index is 12.2. The van der Waals surface area contributed by atoms with Crippen LogP contribution in [0.2, 0.25) is 0 Å². The Balaban J connectivity index is 2.46. The Morgan fingerprint density at radius 1 is 1.43 bits per heavy atom. The lowest BCUT2D eigenvalue weighted by Gasteiger charge is -2.48. The molecule has 2 rings (SSSR count). The van der Waals surface area contributed by atoms with Gasteiger partial charge in [0.05, 0.1) is 5.75 Å². The van der Waals surface area contributed by atoms with Crippen molar-refractivity contribution in [3.05, 3.63) is 11.3 Å². The van der Waals surface area contributed by atoms with Gasteiger partial charge in [0.25, 0.3) is 11.8 Å². The zero-order valence-corrected chi connectivity index (χ0v) is 12.2. The maximum Gasteiger partial charge on any atom is 0.302 e. The van der Waals surface area contributed by atoms with Crippen LogP contribution in [0.5, 0.6) is 0 Å². The molecule has 0 spiro atoms. The average Bonchev–Trinajstić information content (AvgIpc) is 2.36. The fourth-order valence-corrected chi connectivity index (χ4v) is 4.41. The van der Waals surface area contributed by atoms with Crippen LogP contribution in [0.3, 0.4) is 0 Å². The predicted octanol–water partition coefficient (Wildman–Crippen LogP) is -2.10. The van der Waals surface area contributed by atoms with E-state index < -0.39 is 51.5 Å². The van der Waals surface area contributed by atoms with Crippen molar-refractivity contribution < 1.29 is 32.3 Å². The number of methoxy groups -OCH3 is 1. The van der Waals surface area contributed by atoms with Crippen LogP contribution >= 0.6 is 0 Å². The van der Waals surface area contributed by atoms with Crippen LogP contribution < -0.4 is 5.73 Å². The summed E-state index contributed by atoms with van der Waals surface area (Å²) in [5.74, 6) is -2.79. The molecule has 0 bridgehead atoms. The first-order valence-corrected chi connectivity index (χ1v) is 7.65. The highest BCUT2D eigenvalue weighted by Crippen LogP contribution is 2.37. The Labute approximate surface area is 120 Å². The number of β-lactam (4-membered cyclic amide) rings is 1. The van der Waals surface area contributed by atoms with Gasteiger partial charge in [0.15, 0.2) is 21.3 Å². The molecule has 2 amide bonds. The van der Waals surface area contributed by atoms with Crippen LogP contribution in [0.25, 0.3) is 0 Å². The molecule has 21 heavy (non-hydrogen) atoms. The second-order valence-electron chi connectivity index (χ2n) is 4.66. The molecule has 0 radical (unpaired) electrons. The van der Waals surface area contributed by atoms with Crippen molar-refractivity contribution in [2.45, 2.75) is 18.4 Å². The van der Waals surface area contributed by atoms with Crippen LogP contribution in [0.15, 0.2) is 11.3 Å². The first-order valence-electron chi connectivity index (χ1n) is 5.93. The number of ether oxygens (including phenoxy) is 2. The normalized spacial score (nSPS) is 27.0. The highest BCUT2D eigenvalue weighted by atomic mass is 32.2. The highest BCUT2D eigenvalue weighted by molar-refractivity contribution is 7.92. The number of primary amides is 1. The van der Waals surface area contributed by atoms with Gasteiger partial charge in [-0.2, -0.15) is 0 Å². The topological polar surface area (TPSA) is 133 Å². The fourth-order valence-electron chi connectivity index (χ4n) is 2.40. The summed E-state index contributed by atoms with van der Waals surface area (Å²) in [6.07, 6.45) is -1.15. The van der Waals surface area contributed by atoms with E-state index in [0.29, 0.717) is 0 Å². The van der Waals surface area contributed by atoms with Crippen molar-refractivity contribution in [1.29, 1.82) is 0 Å². The van der Waals surface area contributed by atoms with E-state index in [1.54, 1.807) is 0 Å². The van der Waals surface area contributed by atoms with Crippen molar-refractivity contribution in [2.24, 2.45) is 5.73 Å². The SMILES string of the molecule is COC1C(=O)N2C(C(N)=O)=C(COC(C)=O)CS(=O)(=O)[C@H]12. The second kappa shape index (κ2) is 5.11. The van der Waals surface area contributed by atoms with E-state index in [1.807, 2.05) is 0 Å². The number of rotatable bonds is 4. The number of sulfone groups is 1. The predicted molar refractivity (Wildman–Crippen MR) is 68.1 cm³/mol. The van der Waals surface area contributed by atoms with Crippen molar-refractivity contribution in [1.82, 2.24) is 4.90 Å². The Kier molecular flexibility index (Phi) is 3.76. The molecule has 2 aliphatic rings. The number of amides is 2. The van der Waals surface area contributed by atoms with Gasteiger partial charge in [-0.15, -0.1) is 0 Å². The summed E-state index contributed by atoms with van der Waals surface area (Å²) < 4.78 is 33.9. The number of nitrogens with two attached hydrogens (primary N) is 1. The van der Waals surface area contributed by atoms with Gasteiger partial charge >= 0.3 is 5.97 Å². The summed E-state index contributed by atoms with van der Waals surface area (Å²) in [6, 6.07) is 0. The standard InChI is InChI=1S/C11H14N2O7S/c1-5(14)20-3-6-4-21(17,18)11-8(19-2)10(16)13(11)7(6)9(12)15/h8,11H,3-4H2,1-2H3,(H2,12,15)/t8?,11-/m1/s1. The molecular weight excluding hydrogens is 304 g/mol. The Morgan fingerprint density at radius 2 is 2.05 bits per heavy atom. The van der Waals surface area contributed by atoms with Crippen molar-refractivity contribution >= 4 is 27.6 Å². The zero-order chi connectivity index (χ0) is 15.9. The second-order valence-corrected chi connectivity index (χ2v) is 6.76. The minimum absolute atomic E-state index is 0.0168. The molecule has 116 valence electrons. The van der Waals surface area contributed by atoms with E-state index in [0.717, 1.165) is 11.8 Å². The van der Waals surface area contributed by atoms with E-state index in [-0.39, 0.29) is 11.3 Å². The minimum Gasteiger partial charge on any atom is -0.461 e. The van der Waals surface area contributed by atoms with Gasteiger partial charge in [-0.05, 0) is 0 Å². The van der Waals surface area contributed by atoms with Gasteiger partial charge in [0, 0.05) is 19.6 Å². The Hall–Kier alpha value is -1.94. The molecule has 0 aromatic rings. The summed E-state index contributed by atoms with van der Waals surface area (Å²) in [7, 11) is -2.55. The van der Waals surface area contributed by atoms with Crippen LogP contribution in [0, 0.1) is 0 Å². The average molecular weight is 318 g/mol. The molecule has 0 aromatic carbocycles. The molecule has 1 saturated heterocycles. The number of hydrogen-bond donors (Lipinski definition) is 1. The van der Waals surface area contributed by atoms with Crippen LogP contribution in [0.1, 0.15) is 6.92 Å². The molecule has 1 fully saturated rings. The molecule has 0 saturated carbocycles. The molecule has 2 aliphatic heterocycles. The largest absolute Gasteiger partial charge is 0.461 e. The van der Waals surface area contributed by atoms with Gasteiger partial charge in [-0.25, -0.2) is 8.42 Å². The van der Waals surface area contributed by atoms with Gasteiger partial charge in [-0.3, -0.25) is 19.3 Å². The first-order chi connectivity index (χ1) is 9.70. The van der Waals surface area contributed by atoms with Gasteiger partial charge in [0.1, 0.15) is 12.3 Å². The molecule has 9 nitrogen and oxygen atoms in total. The van der Waals surface area contributed by atoms with Gasteiger partial charge in [0.2, 0.25) is 0 Å². The minimum atomic E-state index is -3.76. The third-order valence-corrected chi connectivity index (χ3v) is 5.20. The van der Waals surface area contributed by atoms with Gasteiger partial charge in [-0.1, -0.05) is 0 Å². The third-order valence-electron chi connectivity index (χ3n) is 3.25. The molecule has 2 heterocycles. The maximum atomic E-state index is 12.2. The smallest absolute Gasteiger partial charge is 0.302 e. The Morgan fingerprint density at radius 3 is 2.52 bits per heavy atom. The van der Waals surface area contributed by atoms with E-state index in [2.05, 4.69) is 0 Å². The number of carbonyl (C=O) groups is 3. The molecule has 2 N–H and O–H groups in total. The summed E-state index contributed by atoms with van der Waals surface area (Å²) >= 11 is 0. The lowest BCUT2D eigenvalue weighted by atomic mass is 10.1. The third kappa shape index (κ3) is 2.40. The quantitative estimate of drug-likeness (QED) is 0.463. The number of nitrogens with zero attached hydrogens (tertiary/aromatic N) is 1. The first kappa shape index (κ1) is 15.4. The van der Waals surface area contributed by atoms with Crippen molar-refractivity contribution in [3.8, 4) is 0 Å². The number of esters is 1. The molecule has 10 heteroatoms. The summed E-state index contributed by atoms with van der Waals surface area (Å²) in [5.41, 5.74) is 4.96. The summed E-state index contributed by atoms with van der Waals surface area (Å²) in [4.78, 5) is 35.1. The zero-order valence-electron chi connectivity index (χ0n) is 11.4. The lowest BCUT2D eigenvalue weighted by molar-refractivity contribution is -0.160. The molecular formula is C11H14N2O7S. The summed E-state index contributed by atoms with van der Waals surface area (Å²) in [5, 5.41) is -1.27. The molecule has 0 aliphatic carbocycles. The number of hydrogen-bond acceptors (Lipinski definition) is 7. The fraction of sp³-hybridized carbons (Fsp3) is 0.545. The van der Waals surface area contributed by atoms with E-state index in [9.17, 15) is 22.8 Å². The van der Waals surface area contributed by atoms with E-state index in [4.69, 9.17) is 15.2 Å². The number of fused-ring (bicyclic) bond motifs is 1. The summed E-state index contributed by atoms with van der Waals surface area (Å²) in [6.45, 7) is 0.724.